The van der Waals surface area contributed by atoms with Crippen LogP contribution in [0.5, 0.6) is 0 Å². The van der Waals surface area contributed by atoms with Crippen LogP contribution in [0.2, 0.25) is 0 Å². The van der Waals surface area contributed by atoms with Crippen LogP contribution in [0, 0.1) is 6.92 Å². The van der Waals surface area contributed by atoms with E-state index < -0.39 is 11.9 Å². The van der Waals surface area contributed by atoms with E-state index in [2.05, 4.69) is 20.7 Å². The summed E-state index contributed by atoms with van der Waals surface area (Å²) in [6.45, 7) is 4.65. The number of guanidine groups is 1. The third kappa shape index (κ3) is 4.29. The van der Waals surface area contributed by atoms with Crippen LogP contribution in [0.15, 0.2) is 39.9 Å². The Bertz CT molecular complexity index is 987. The number of rotatable bonds is 5. The number of nitrogens with zero attached hydrogens (tertiary/aromatic N) is 3. The van der Waals surface area contributed by atoms with Crippen LogP contribution in [0.25, 0.3) is 11.0 Å². The highest BCUT2D eigenvalue weighted by Crippen LogP contribution is 2.30. The van der Waals surface area contributed by atoms with Gasteiger partial charge in [-0.2, -0.15) is 18.3 Å². The summed E-state index contributed by atoms with van der Waals surface area (Å²) in [5.41, 5.74) is 0.921. The minimum atomic E-state index is -4.51. The fraction of sp³-hybridized carbons (Fsp3) is 0.368. The van der Waals surface area contributed by atoms with E-state index in [-0.39, 0.29) is 12.1 Å². The summed E-state index contributed by atoms with van der Waals surface area (Å²) < 4.78 is 46.2. The first-order valence-electron chi connectivity index (χ1n) is 8.88. The Labute approximate surface area is 160 Å². The lowest BCUT2D eigenvalue weighted by Crippen LogP contribution is -2.36. The third-order valence-electron chi connectivity index (χ3n) is 4.28. The molecule has 0 fully saturated rings. The number of halogens is 3. The van der Waals surface area contributed by atoms with Gasteiger partial charge in [-0.15, -0.1) is 0 Å². The predicted molar refractivity (Wildman–Crippen MR) is 101 cm³/mol. The standard InChI is InChI=1S/C19H22F3N5O/c1-4-23-18(24-9-13-11-27(3)26-17(13)19(20,21)22)25-10-16-12(2)14-7-5-6-8-15(14)28-16/h5-8,11H,4,9-10H2,1-3H3,(H2,23,24,25). The van der Waals surface area contributed by atoms with Gasteiger partial charge >= 0.3 is 6.18 Å². The third-order valence-corrected chi connectivity index (χ3v) is 4.28. The van der Waals surface area contributed by atoms with E-state index in [9.17, 15) is 13.2 Å². The molecule has 0 unspecified atom stereocenters. The van der Waals surface area contributed by atoms with Gasteiger partial charge in [-0.25, -0.2) is 4.99 Å². The Morgan fingerprint density at radius 1 is 1.25 bits per heavy atom. The maximum atomic E-state index is 13.1. The number of hydrogen-bond acceptors (Lipinski definition) is 3. The van der Waals surface area contributed by atoms with Gasteiger partial charge in [-0.1, -0.05) is 18.2 Å². The molecule has 0 aliphatic carbocycles. The van der Waals surface area contributed by atoms with Gasteiger partial charge in [-0.3, -0.25) is 4.68 Å². The van der Waals surface area contributed by atoms with Gasteiger partial charge in [0.1, 0.15) is 11.3 Å². The molecule has 0 spiro atoms. The van der Waals surface area contributed by atoms with Gasteiger partial charge in [0, 0.05) is 36.3 Å². The van der Waals surface area contributed by atoms with Crippen molar-refractivity contribution in [2.75, 3.05) is 6.54 Å². The van der Waals surface area contributed by atoms with E-state index in [1.165, 1.54) is 13.2 Å². The lowest BCUT2D eigenvalue weighted by Gasteiger charge is -2.11. The highest BCUT2D eigenvalue weighted by molar-refractivity contribution is 5.83. The summed E-state index contributed by atoms with van der Waals surface area (Å²) in [5.74, 6) is 1.16. The van der Waals surface area contributed by atoms with E-state index in [0.717, 1.165) is 27.0 Å². The van der Waals surface area contributed by atoms with Crippen LogP contribution < -0.4 is 10.6 Å². The summed E-state index contributed by atoms with van der Waals surface area (Å²) in [5, 5.41) is 10.7. The zero-order valence-corrected chi connectivity index (χ0v) is 15.9. The molecule has 3 aromatic rings. The van der Waals surface area contributed by atoms with Crippen LogP contribution in [0.1, 0.15) is 29.5 Å². The van der Waals surface area contributed by atoms with Crippen LogP contribution in [-0.4, -0.2) is 22.3 Å². The van der Waals surface area contributed by atoms with Crippen molar-refractivity contribution < 1.29 is 17.6 Å². The first-order chi connectivity index (χ1) is 13.3. The fourth-order valence-electron chi connectivity index (χ4n) is 2.96. The molecule has 1 aromatic carbocycles. The quantitative estimate of drug-likeness (QED) is 0.512. The SMILES string of the molecule is CCNC(=NCc1cn(C)nc1C(F)(F)F)NCc1oc2ccccc2c1C. The van der Waals surface area contributed by atoms with Gasteiger partial charge in [0.2, 0.25) is 0 Å². The molecule has 0 aliphatic rings. The topological polar surface area (TPSA) is 67.4 Å². The number of hydrogen-bond donors (Lipinski definition) is 2. The number of fused-ring (bicyclic) bond motifs is 1. The monoisotopic (exact) mass is 393 g/mol. The molecule has 0 amide bonds. The molecule has 0 radical (unpaired) electrons. The van der Waals surface area contributed by atoms with Crippen molar-refractivity contribution in [3.63, 3.8) is 0 Å². The highest BCUT2D eigenvalue weighted by atomic mass is 19.4. The molecular weight excluding hydrogens is 371 g/mol. The lowest BCUT2D eigenvalue weighted by molar-refractivity contribution is -0.142. The van der Waals surface area contributed by atoms with Crippen molar-refractivity contribution >= 4 is 16.9 Å². The van der Waals surface area contributed by atoms with Crippen molar-refractivity contribution in [2.24, 2.45) is 12.0 Å². The molecule has 6 nitrogen and oxygen atoms in total. The van der Waals surface area contributed by atoms with Crippen LogP contribution in [-0.2, 0) is 26.3 Å². The molecule has 2 aromatic heterocycles. The number of alkyl halides is 3. The molecule has 2 N–H and O–H groups in total. The average Bonchev–Trinajstić information content (AvgIpc) is 3.18. The summed E-state index contributed by atoms with van der Waals surface area (Å²) in [7, 11) is 1.45. The number of nitrogens with one attached hydrogen (secondary N) is 2. The number of aromatic nitrogens is 2. The van der Waals surface area contributed by atoms with Gasteiger partial charge in [0.25, 0.3) is 0 Å². The Kier molecular flexibility index (Phi) is 5.62. The van der Waals surface area contributed by atoms with Crippen molar-refractivity contribution in [2.45, 2.75) is 33.1 Å². The van der Waals surface area contributed by atoms with Crippen molar-refractivity contribution in [3.8, 4) is 0 Å². The minimum absolute atomic E-state index is 0.0205. The Morgan fingerprint density at radius 2 is 2.00 bits per heavy atom. The second-order valence-electron chi connectivity index (χ2n) is 6.37. The van der Waals surface area contributed by atoms with Crippen molar-refractivity contribution in [1.29, 1.82) is 0 Å². The second-order valence-corrected chi connectivity index (χ2v) is 6.37. The average molecular weight is 393 g/mol. The molecule has 28 heavy (non-hydrogen) atoms. The molecule has 0 bridgehead atoms. The van der Waals surface area contributed by atoms with E-state index in [1.54, 1.807) is 0 Å². The van der Waals surface area contributed by atoms with Gasteiger partial charge in [0.05, 0.1) is 13.1 Å². The van der Waals surface area contributed by atoms with E-state index in [0.29, 0.717) is 19.0 Å². The normalized spacial score (nSPS) is 12.6. The zero-order valence-electron chi connectivity index (χ0n) is 15.9. The number of furan rings is 1. The zero-order chi connectivity index (χ0) is 20.3. The Morgan fingerprint density at radius 3 is 2.68 bits per heavy atom. The molecular formula is C19H22F3N5O. The summed E-state index contributed by atoms with van der Waals surface area (Å²) >= 11 is 0. The first kappa shape index (κ1) is 19.8. The van der Waals surface area contributed by atoms with Gasteiger partial charge in [-0.05, 0) is 19.9 Å². The molecule has 9 heteroatoms. The molecule has 0 saturated carbocycles. The van der Waals surface area contributed by atoms with E-state index in [4.69, 9.17) is 4.42 Å². The fourth-order valence-corrected chi connectivity index (χ4v) is 2.96. The van der Waals surface area contributed by atoms with E-state index >= 15 is 0 Å². The van der Waals surface area contributed by atoms with Crippen molar-refractivity contribution in [3.05, 3.63) is 53.0 Å². The highest BCUT2D eigenvalue weighted by Gasteiger charge is 2.36. The van der Waals surface area contributed by atoms with Crippen LogP contribution >= 0.6 is 0 Å². The second kappa shape index (κ2) is 7.95. The largest absolute Gasteiger partial charge is 0.459 e. The Balaban J connectivity index is 1.75. The van der Waals surface area contributed by atoms with Crippen LogP contribution in [0.3, 0.4) is 0 Å². The number of aryl methyl sites for hydroxylation is 2. The molecule has 150 valence electrons. The molecule has 0 aliphatic heterocycles. The van der Waals surface area contributed by atoms with Gasteiger partial charge < -0.3 is 15.1 Å². The molecule has 0 atom stereocenters. The molecule has 0 saturated heterocycles. The maximum absolute atomic E-state index is 13.1. The number of benzene rings is 1. The number of para-hydroxylation sites is 1. The first-order valence-corrected chi connectivity index (χ1v) is 8.88. The van der Waals surface area contributed by atoms with Crippen molar-refractivity contribution in [1.82, 2.24) is 20.4 Å². The smallest absolute Gasteiger partial charge is 0.435 e. The van der Waals surface area contributed by atoms with Crippen LogP contribution in [0.4, 0.5) is 13.2 Å². The lowest BCUT2D eigenvalue weighted by atomic mass is 10.1. The summed E-state index contributed by atoms with van der Waals surface area (Å²) in [6, 6.07) is 7.73. The summed E-state index contributed by atoms with van der Waals surface area (Å²) in [6.07, 6.45) is -3.18. The van der Waals surface area contributed by atoms with E-state index in [1.807, 2.05) is 38.1 Å². The number of aliphatic imine (C=N–C) groups is 1. The predicted octanol–water partition coefficient (Wildman–Crippen LogP) is 3.75. The Hall–Kier alpha value is -2.97. The molecule has 2 heterocycles. The minimum Gasteiger partial charge on any atom is -0.459 e. The molecule has 3 rings (SSSR count). The van der Waals surface area contributed by atoms with Gasteiger partial charge in [0.15, 0.2) is 11.7 Å². The maximum Gasteiger partial charge on any atom is 0.435 e. The summed E-state index contributed by atoms with van der Waals surface area (Å²) in [4.78, 5) is 4.27.